The maximum Gasteiger partial charge on any atom is -0.00992 e. The first-order valence-electron chi connectivity index (χ1n) is 5.65. The van der Waals surface area contributed by atoms with Gasteiger partial charge in [0.2, 0.25) is 0 Å². The summed E-state index contributed by atoms with van der Waals surface area (Å²) < 4.78 is 0. The van der Waals surface area contributed by atoms with Crippen molar-refractivity contribution in [3.8, 4) is 11.1 Å². The van der Waals surface area contributed by atoms with E-state index in [1.54, 1.807) is 0 Å². The van der Waals surface area contributed by atoms with Crippen molar-refractivity contribution in [1.82, 2.24) is 0 Å². The van der Waals surface area contributed by atoms with E-state index in [-0.39, 0.29) is 5.41 Å². The van der Waals surface area contributed by atoms with Gasteiger partial charge in [-0.1, -0.05) is 69.3 Å². The predicted octanol–water partition coefficient (Wildman–Crippen LogP) is 4.45. The Bertz CT molecular complexity index is 444. The molecule has 0 atom stereocenters. The molecule has 2 rings (SSSR count). The van der Waals surface area contributed by atoms with Crippen molar-refractivity contribution in [1.29, 1.82) is 0 Å². The highest BCUT2D eigenvalue weighted by Crippen LogP contribution is 2.25. The number of hydrogen-bond donors (Lipinski definition) is 0. The molecule has 0 nitrogen and oxygen atoms in total. The zero-order chi connectivity index (χ0) is 11.6. The molecule has 0 heteroatoms. The smallest absolute Gasteiger partial charge is 0.00992 e. The van der Waals surface area contributed by atoms with Gasteiger partial charge in [-0.2, -0.15) is 0 Å². The zero-order valence-corrected chi connectivity index (χ0v) is 10.1. The summed E-state index contributed by atoms with van der Waals surface area (Å²) in [5, 5.41) is 0. The SMILES string of the molecule is CC(C)(C)c1ccc(-c2[c]cccc2)cc1. The van der Waals surface area contributed by atoms with Crippen molar-refractivity contribution >= 4 is 0 Å². The van der Waals surface area contributed by atoms with Gasteiger partial charge in [0.15, 0.2) is 0 Å². The third kappa shape index (κ3) is 2.33. The molecular weight excluding hydrogens is 192 g/mol. The van der Waals surface area contributed by atoms with Crippen LogP contribution in [0.1, 0.15) is 26.3 Å². The molecule has 0 amide bonds. The molecule has 0 bridgehead atoms. The van der Waals surface area contributed by atoms with Gasteiger partial charge < -0.3 is 0 Å². The molecule has 0 saturated heterocycles. The zero-order valence-electron chi connectivity index (χ0n) is 10.1. The second-order valence-corrected chi connectivity index (χ2v) is 5.10. The average molecular weight is 209 g/mol. The molecule has 16 heavy (non-hydrogen) atoms. The summed E-state index contributed by atoms with van der Waals surface area (Å²) in [6.45, 7) is 6.70. The molecule has 81 valence electrons. The van der Waals surface area contributed by atoms with Gasteiger partial charge in [-0.25, -0.2) is 0 Å². The first-order chi connectivity index (χ1) is 7.57. The lowest BCUT2D eigenvalue weighted by atomic mass is 9.86. The number of benzene rings is 2. The van der Waals surface area contributed by atoms with Gasteiger partial charge in [0, 0.05) is 0 Å². The van der Waals surface area contributed by atoms with Gasteiger partial charge in [0.05, 0.1) is 0 Å². The minimum atomic E-state index is 0.221. The molecule has 0 unspecified atom stereocenters. The standard InChI is InChI=1S/C16H17/c1-16(2,3)15-11-9-14(10-12-15)13-7-5-4-6-8-13/h4-7,9-12H,1-3H3. The maximum absolute atomic E-state index is 3.24. The summed E-state index contributed by atoms with van der Waals surface area (Å²) in [5.41, 5.74) is 3.97. The van der Waals surface area contributed by atoms with Gasteiger partial charge in [-0.15, -0.1) is 0 Å². The van der Waals surface area contributed by atoms with Crippen LogP contribution in [0.5, 0.6) is 0 Å². The van der Waals surface area contributed by atoms with Crippen molar-refractivity contribution < 1.29 is 0 Å². The van der Waals surface area contributed by atoms with E-state index in [1.807, 2.05) is 18.2 Å². The van der Waals surface area contributed by atoms with E-state index in [0.29, 0.717) is 0 Å². The lowest BCUT2D eigenvalue weighted by molar-refractivity contribution is 0.590. The Labute approximate surface area is 97.9 Å². The summed E-state index contributed by atoms with van der Waals surface area (Å²) in [7, 11) is 0. The third-order valence-corrected chi connectivity index (χ3v) is 2.77. The summed E-state index contributed by atoms with van der Waals surface area (Å²) in [6.07, 6.45) is 0. The quantitative estimate of drug-likeness (QED) is 0.651. The number of rotatable bonds is 1. The van der Waals surface area contributed by atoms with Crippen LogP contribution in [-0.4, -0.2) is 0 Å². The van der Waals surface area contributed by atoms with Gasteiger partial charge in [-0.05, 0) is 28.2 Å². The fourth-order valence-electron chi connectivity index (χ4n) is 1.72. The molecule has 0 spiro atoms. The highest BCUT2D eigenvalue weighted by Gasteiger charge is 2.12. The van der Waals surface area contributed by atoms with Crippen molar-refractivity contribution in [2.24, 2.45) is 0 Å². The van der Waals surface area contributed by atoms with E-state index in [2.05, 4.69) is 57.2 Å². The normalized spacial score (nSPS) is 11.4. The van der Waals surface area contributed by atoms with E-state index in [9.17, 15) is 0 Å². The minimum Gasteiger partial charge on any atom is -0.0616 e. The fourth-order valence-corrected chi connectivity index (χ4v) is 1.72. The van der Waals surface area contributed by atoms with E-state index >= 15 is 0 Å². The highest BCUT2D eigenvalue weighted by atomic mass is 14.2. The van der Waals surface area contributed by atoms with E-state index in [1.165, 1.54) is 11.1 Å². The molecule has 0 aliphatic carbocycles. The topological polar surface area (TPSA) is 0 Å². The highest BCUT2D eigenvalue weighted by molar-refractivity contribution is 5.63. The fraction of sp³-hybridized carbons (Fsp3) is 0.250. The summed E-state index contributed by atoms with van der Waals surface area (Å²) >= 11 is 0. The molecule has 0 aromatic heterocycles. The van der Waals surface area contributed by atoms with Crippen LogP contribution in [0.15, 0.2) is 48.5 Å². The Balaban J connectivity index is 2.34. The van der Waals surface area contributed by atoms with Crippen LogP contribution >= 0.6 is 0 Å². The van der Waals surface area contributed by atoms with Crippen LogP contribution < -0.4 is 0 Å². The molecule has 0 heterocycles. The van der Waals surface area contributed by atoms with Crippen LogP contribution in [0.25, 0.3) is 11.1 Å². The summed E-state index contributed by atoms with van der Waals surface area (Å²) in [4.78, 5) is 0. The Morgan fingerprint density at radius 3 is 2.06 bits per heavy atom. The Morgan fingerprint density at radius 2 is 1.56 bits per heavy atom. The molecule has 0 fully saturated rings. The van der Waals surface area contributed by atoms with Gasteiger partial charge in [-0.3, -0.25) is 0 Å². The molecule has 2 aromatic rings. The molecular formula is C16H17. The molecule has 2 aromatic carbocycles. The van der Waals surface area contributed by atoms with Gasteiger partial charge >= 0.3 is 0 Å². The van der Waals surface area contributed by atoms with Crippen molar-refractivity contribution in [2.45, 2.75) is 26.2 Å². The molecule has 0 aliphatic heterocycles. The van der Waals surface area contributed by atoms with Crippen LogP contribution in [-0.2, 0) is 5.41 Å². The van der Waals surface area contributed by atoms with Crippen LogP contribution in [0.4, 0.5) is 0 Å². The first kappa shape index (κ1) is 10.9. The van der Waals surface area contributed by atoms with E-state index in [0.717, 1.165) is 5.56 Å². The number of hydrogen-bond acceptors (Lipinski definition) is 0. The van der Waals surface area contributed by atoms with Gasteiger partial charge in [0.25, 0.3) is 0 Å². The minimum absolute atomic E-state index is 0.221. The monoisotopic (exact) mass is 209 g/mol. The largest absolute Gasteiger partial charge is 0.0616 e. The second-order valence-electron chi connectivity index (χ2n) is 5.10. The van der Waals surface area contributed by atoms with E-state index in [4.69, 9.17) is 0 Å². The summed E-state index contributed by atoms with van der Waals surface area (Å²) in [6, 6.07) is 20.1. The molecule has 0 aliphatic rings. The third-order valence-electron chi connectivity index (χ3n) is 2.77. The van der Waals surface area contributed by atoms with Crippen molar-refractivity contribution in [3.63, 3.8) is 0 Å². The predicted molar refractivity (Wildman–Crippen MR) is 69.4 cm³/mol. The Morgan fingerprint density at radius 1 is 0.875 bits per heavy atom. The molecule has 1 radical (unpaired) electrons. The molecule has 0 saturated carbocycles. The van der Waals surface area contributed by atoms with Crippen molar-refractivity contribution in [3.05, 3.63) is 60.2 Å². The lowest BCUT2D eigenvalue weighted by Crippen LogP contribution is -2.10. The van der Waals surface area contributed by atoms with Crippen LogP contribution in [0.2, 0.25) is 0 Å². The second kappa shape index (κ2) is 4.13. The summed E-state index contributed by atoms with van der Waals surface area (Å²) in [5.74, 6) is 0. The van der Waals surface area contributed by atoms with Gasteiger partial charge in [0.1, 0.15) is 0 Å². The molecule has 0 N–H and O–H groups in total. The van der Waals surface area contributed by atoms with E-state index < -0.39 is 0 Å². The van der Waals surface area contributed by atoms with Crippen LogP contribution in [0, 0.1) is 6.07 Å². The Hall–Kier alpha value is -1.56. The Kier molecular flexibility index (Phi) is 2.82. The van der Waals surface area contributed by atoms with Crippen molar-refractivity contribution in [2.75, 3.05) is 0 Å². The van der Waals surface area contributed by atoms with Crippen LogP contribution in [0.3, 0.4) is 0 Å². The maximum atomic E-state index is 3.24. The first-order valence-corrected chi connectivity index (χ1v) is 5.65. The lowest BCUT2D eigenvalue weighted by Gasteiger charge is -2.19. The average Bonchev–Trinajstić information content (AvgIpc) is 2.29.